The fourth-order valence-corrected chi connectivity index (χ4v) is 2.95. The average molecular weight is 446 g/mol. The van der Waals surface area contributed by atoms with Crippen molar-refractivity contribution in [2.75, 3.05) is 5.32 Å². The monoisotopic (exact) mass is 445 g/mol. The molecule has 0 aliphatic heterocycles. The van der Waals surface area contributed by atoms with Crippen LogP contribution in [0.25, 0.3) is 0 Å². The average Bonchev–Trinajstić information content (AvgIpc) is 3.22. The van der Waals surface area contributed by atoms with Crippen molar-refractivity contribution in [1.29, 1.82) is 0 Å². The summed E-state index contributed by atoms with van der Waals surface area (Å²) in [6.45, 7) is 1.96. The number of nitrogens with one attached hydrogen (secondary N) is 1. The molecule has 0 bridgehead atoms. The topological polar surface area (TPSA) is 64.7 Å². The van der Waals surface area contributed by atoms with Crippen LogP contribution < -0.4 is 5.32 Å². The number of anilines is 1. The molecule has 29 heavy (non-hydrogen) atoms. The molecule has 1 aromatic carbocycles. The Bertz CT molecular complexity index is 1030. The zero-order chi connectivity index (χ0) is 21.2. The van der Waals surface area contributed by atoms with Gasteiger partial charge in [-0.05, 0) is 30.7 Å². The van der Waals surface area contributed by atoms with Crippen molar-refractivity contribution < 1.29 is 18.0 Å². The van der Waals surface area contributed by atoms with Crippen molar-refractivity contribution >= 4 is 34.9 Å². The lowest BCUT2D eigenvalue weighted by molar-refractivity contribution is -0.141. The van der Waals surface area contributed by atoms with E-state index in [2.05, 4.69) is 15.5 Å². The van der Waals surface area contributed by atoms with E-state index in [9.17, 15) is 18.0 Å². The van der Waals surface area contributed by atoms with Crippen molar-refractivity contribution in [2.45, 2.75) is 32.6 Å². The number of halogens is 5. The molecule has 0 aliphatic rings. The number of aromatic nitrogens is 4. The molecule has 2 heterocycles. The van der Waals surface area contributed by atoms with E-state index in [4.69, 9.17) is 23.2 Å². The summed E-state index contributed by atoms with van der Waals surface area (Å²) in [5.41, 5.74) is 0.238. The zero-order valence-electron chi connectivity index (χ0n) is 15.2. The predicted octanol–water partition coefficient (Wildman–Crippen LogP) is 4.79. The first-order valence-electron chi connectivity index (χ1n) is 8.51. The number of hydrogen-bond donors (Lipinski definition) is 1. The van der Waals surface area contributed by atoms with Crippen LogP contribution in [-0.4, -0.2) is 25.5 Å². The Morgan fingerprint density at radius 3 is 2.55 bits per heavy atom. The first-order valence-corrected chi connectivity index (χ1v) is 9.26. The molecule has 0 unspecified atom stereocenters. The maximum absolute atomic E-state index is 12.7. The lowest BCUT2D eigenvalue weighted by Gasteiger charge is -2.06. The highest BCUT2D eigenvalue weighted by atomic mass is 35.5. The predicted molar refractivity (Wildman–Crippen MR) is 103 cm³/mol. The highest BCUT2D eigenvalue weighted by Crippen LogP contribution is 2.28. The Kier molecular flexibility index (Phi) is 6.18. The minimum absolute atomic E-state index is 0.0255. The van der Waals surface area contributed by atoms with Gasteiger partial charge in [0, 0.05) is 30.9 Å². The summed E-state index contributed by atoms with van der Waals surface area (Å²) in [4.78, 5) is 12.1. The summed E-state index contributed by atoms with van der Waals surface area (Å²) >= 11 is 11.9. The Labute approximate surface area is 174 Å². The SMILES string of the molecule is Cc1cc(C(F)(F)F)nn1CCC(=O)Nc1ccn(Cc2ccc(Cl)c(Cl)c2)n1. The van der Waals surface area contributed by atoms with Crippen LogP contribution in [0.15, 0.2) is 36.5 Å². The maximum Gasteiger partial charge on any atom is 0.435 e. The van der Waals surface area contributed by atoms with Gasteiger partial charge in [-0.15, -0.1) is 0 Å². The summed E-state index contributed by atoms with van der Waals surface area (Å²) in [5, 5.41) is 11.2. The number of amides is 1. The quantitative estimate of drug-likeness (QED) is 0.592. The molecular formula is C18H16Cl2F3N5O. The van der Waals surface area contributed by atoms with Crippen molar-refractivity contribution in [1.82, 2.24) is 19.6 Å². The van der Waals surface area contributed by atoms with Crippen LogP contribution in [-0.2, 0) is 24.1 Å². The molecular weight excluding hydrogens is 430 g/mol. The largest absolute Gasteiger partial charge is 0.435 e. The van der Waals surface area contributed by atoms with Gasteiger partial charge >= 0.3 is 6.18 Å². The Morgan fingerprint density at radius 1 is 1.14 bits per heavy atom. The van der Waals surface area contributed by atoms with E-state index < -0.39 is 11.9 Å². The number of alkyl halides is 3. The number of carbonyl (C=O) groups excluding carboxylic acids is 1. The maximum atomic E-state index is 12.7. The molecule has 1 amide bonds. The van der Waals surface area contributed by atoms with E-state index in [0.717, 1.165) is 16.3 Å². The molecule has 3 aromatic rings. The normalized spacial score (nSPS) is 11.7. The van der Waals surface area contributed by atoms with Gasteiger partial charge in [0.2, 0.25) is 5.91 Å². The van der Waals surface area contributed by atoms with Gasteiger partial charge in [0.15, 0.2) is 11.5 Å². The van der Waals surface area contributed by atoms with Crippen LogP contribution in [0.4, 0.5) is 19.0 Å². The van der Waals surface area contributed by atoms with Gasteiger partial charge < -0.3 is 5.32 Å². The van der Waals surface area contributed by atoms with Crippen LogP contribution in [0.1, 0.15) is 23.4 Å². The Balaban J connectivity index is 1.55. The molecule has 3 rings (SSSR count). The summed E-state index contributed by atoms with van der Waals surface area (Å²) in [6.07, 6.45) is -2.87. The van der Waals surface area contributed by atoms with Gasteiger partial charge in [0.25, 0.3) is 0 Å². The summed E-state index contributed by atoms with van der Waals surface area (Å²) in [5.74, 6) is -0.0449. The first kappa shape index (κ1) is 21.2. The van der Waals surface area contributed by atoms with E-state index >= 15 is 0 Å². The van der Waals surface area contributed by atoms with E-state index in [-0.39, 0.29) is 18.9 Å². The number of carbonyl (C=O) groups is 1. The van der Waals surface area contributed by atoms with Gasteiger partial charge in [-0.2, -0.15) is 23.4 Å². The van der Waals surface area contributed by atoms with E-state index in [0.29, 0.717) is 28.1 Å². The van der Waals surface area contributed by atoms with Gasteiger partial charge in [-0.1, -0.05) is 29.3 Å². The van der Waals surface area contributed by atoms with Crippen LogP contribution in [0.5, 0.6) is 0 Å². The molecule has 0 fully saturated rings. The molecule has 154 valence electrons. The molecule has 0 atom stereocenters. The fourth-order valence-electron chi connectivity index (χ4n) is 2.63. The van der Waals surface area contributed by atoms with Crippen LogP contribution in [0.3, 0.4) is 0 Å². The smallest absolute Gasteiger partial charge is 0.309 e. The zero-order valence-corrected chi connectivity index (χ0v) is 16.7. The first-order chi connectivity index (χ1) is 13.6. The third-order valence-corrected chi connectivity index (χ3v) is 4.80. The fraction of sp³-hybridized carbons (Fsp3) is 0.278. The number of benzene rings is 1. The van der Waals surface area contributed by atoms with Gasteiger partial charge in [-0.3, -0.25) is 14.2 Å². The molecule has 0 radical (unpaired) electrons. The minimum atomic E-state index is -4.51. The Morgan fingerprint density at radius 2 is 1.90 bits per heavy atom. The third-order valence-electron chi connectivity index (χ3n) is 4.06. The van der Waals surface area contributed by atoms with E-state index in [1.165, 1.54) is 6.92 Å². The van der Waals surface area contributed by atoms with Crippen molar-refractivity contribution in [2.24, 2.45) is 0 Å². The molecule has 2 aromatic heterocycles. The van der Waals surface area contributed by atoms with Crippen molar-refractivity contribution in [3.8, 4) is 0 Å². The molecule has 0 saturated carbocycles. The lowest BCUT2D eigenvalue weighted by atomic mass is 10.2. The van der Waals surface area contributed by atoms with Crippen molar-refractivity contribution in [3.05, 3.63) is 63.5 Å². The van der Waals surface area contributed by atoms with Gasteiger partial charge in [-0.25, -0.2) is 0 Å². The molecule has 11 heteroatoms. The van der Waals surface area contributed by atoms with Gasteiger partial charge in [0.1, 0.15) is 0 Å². The highest BCUT2D eigenvalue weighted by molar-refractivity contribution is 6.42. The number of rotatable bonds is 6. The second kappa shape index (κ2) is 8.46. The molecule has 1 N–H and O–H groups in total. The second-order valence-corrected chi connectivity index (χ2v) is 7.15. The summed E-state index contributed by atoms with van der Waals surface area (Å²) in [6, 6.07) is 7.80. The van der Waals surface area contributed by atoms with Crippen LogP contribution >= 0.6 is 23.2 Å². The minimum Gasteiger partial charge on any atom is -0.309 e. The Hall–Kier alpha value is -2.52. The van der Waals surface area contributed by atoms with E-state index in [1.807, 2.05) is 6.07 Å². The van der Waals surface area contributed by atoms with Crippen LogP contribution in [0, 0.1) is 6.92 Å². The molecule has 0 spiro atoms. The summed E-state index contributed by atoms with van der Waals surface area (Å²) in [7, 11) is 0. The molecule has 0 aliphatic carbocycles. The molecule has 6 nitrogen and oxygen atoms in total. The standard InChI is InChI=1S/C18H16Cl2F3N5O/c1-11-8-15(18(21,22)23)25-28(11)7-5-17(29)24-16-4-6-27(26-16)10-12-2-3-13(19)14(20)9-12/h2-4,6,8-9H,5,7,10H2,1H3,(H,24,26,29). The second-order valence-electron chi connectivity index (χ2n) is 6.34. The highest BCUT2D eigenvalue weighted by Gasteiger charge is 2.34. The molecule has 0 saturated heterocycles. The van der Waals surface area contributed by atoms with Crippen LogP contribution in [0.2, 0.25) is 10.0 Å². The lowest BCUT2D eigenvalue weighted by Crippen LogP contribution is -2.16. The van der Waals surface area contributed by atoms with Crippen molar-refractivity contribution in [3.63, 3.8) is 0 Å². The summed E-state index contributed by atoms with van der Waals surface area (Å²) < 4.78 is 40.8. The number of aryl methyl sites for hydroxylation is 2. The number of nitrogens with zero attached hydrogens (tertiary/aromatic N) is 4. The van der Waals surface area contributed by atoms with Gasteiger partial charge in [0.05, 0.1) is 16.6 Å². The van der Waals surface area contributed by atoms with E-state index in [1.54, 1.807) is 29.1 Å². The third kappa shape index (κ3) is 5.51. The number of hydrogen-bond acceptors (Lipinski definition) is 3.